The average molecular weight is 170 g/mol. The summed E-state index contributed by atoms with van der Waals surface area (Å²) in [5.41, 5.74) is 5.21. The fourth-order valence-corrected chi connectivity index (χ4v) is 1.62. The summed E-state index contributed by atoms with van der Waals surface area (Å²) in [4.78, 5) is 10.8. The number of rotatable bonds is 5. The smallest absolute Gasteiger partial charge is 0.223 e. The zero-order chi connectivity index (χ0) is 8.97. The Hall–Kier alpha value is -0.570. The van der Waals surface area contributed by atoms with Crippen LogP contribution in [0.3, 0.4) is 0 Å². The number of amides is 1. The van der Waals surface area contributed by atoms with Gasteiger partial charge in [-0.05, 0) is 6.42 Å². The van der Waals surface area contributed by atoms with E-state index in [0.717, 1.165) is 13.0 Å². The van der Waals surface area contributed by atoms with E-state index in [1.807, 2.05) is 0 Å². The lowest BCUT2D eigenvalue weighted by atomic mass is 9.87. The average Bonchev–Trinajstić information content (AvgIpc) is 1.94. The molecule has 0 saturated carbocycles. The van der Waals surface area contributed by atoms with Gasteiger partial charge in [-0.3, -0.25) is 4.79 Å². The van der Waals surface area contributed by atoms with E-state index in [4.69, 9.17) is 5.73 Å². The summed E-state index contributed by atoms with van der Waals surface area (Å²) in [6.07, 6.45) is 4.79. The van der Waals surface area contributed by atoms with Crippen molar-refractivity contribution >= 4 is 5.91 Å². The molecule has 1 amide bonds. The maximum Gasteiger partial charge on any atom is 0.223 e. The Bertz CT molecular complexity index is 159. The number of carbonyl (C=O) groups is 1. The molecule has 3 N–H and O–H groups in total. The number of unbranched alkanes of at least 4 members (excludes halogenated alkanes) is 2. The summed E-state index contributed by atoms with van der Waals surface area (Å²) in [5, 5.41) is 3.23. The molecular formula is C9H18N2O. The first kappa shape index (κ1) is 9.52. The monoisotopic (exact) mass is 170 g/mol. The van der Waals surface area contributed by atoms with E-state index in [1.54, 1.807) is 0 Å². The molecule has 1 rings (SSSR count). The predicted molar refractivity (Wildman–Crippen MR) is 48.6 cm³/mol. The lowest BCUT2D eigenvalue weighted by molar-refractivity contribution is -0.125. The van der Waals surface area contributed by atoms with Crippen molar-refractivity contribution in [2.24, 2.45) is 11.7 Å². The van der Waals surface area contributed by atoms with Gasteiger partial charge in [-0.1, -0.05) is 26.2 Å². The highest BCUT2D eigenvalue weighted by Gasteiger charge is 2.33. The van der Waals surface area contributed by atoms with Crippen molar-refractivity contribution in [2.45, 2.75) is 38.6 Å². The summed E-state index contributed by atoms with van der Waals surface area (Å²) in [7, 11) is 0. The highest BCUT2D eigenvalue weighted by atomic mass is 16.1. The van der Waals surface area contributed by atoms with Gasteiger partial charge in [0.2, 0.25) is 5.91 Å². The Kier molecular flexibility index (Phi) is 3.53. The Balaban J connectivity index is 2.12. The Morgan fingerprint density at radius 2 is 2.33 bits per heavy atom. The minimum atomic E-state index is -0.143. The third kappa shape index (κ3) is 2.21. The molecule has 1 fully saturated rings. The third-order valence-electron chi connectivity index (χ3n) is 2.57. The van der Waals surface area contributed by atoms with E-state index >= 15 is 0 Å². The van der Waals surface area contributed by atoms with Gasteiger partial charge in [-0.15, -0.1) is 0 Å². The quantitative estimate of drug-likeness (QED) is 0.595. The molecule has 12 heavy (non-hydrogen) atoms. The van der Waals surface area contributed by atoms with E-state index in [1.165, 1.54) is 19.3 Å². The molecule has 2 atom stereocenters. The van der Waals surface area contributed by atoms with E-state index in [-0.39, 0.29) is 11.8 Å². The fourth-order valence-electron chi connectivity index (χ4n) is 1.62. The van der Waals surface area contributed by atoms with Gasteiger partial charge in [0.1, 0.15) is 0 Å². The number of primary amides is 1. The molecule has 0 aromatic carbocycles. The first-order chi connectivity index (χ1) is 5.75. The largest absolute Gasteiger partial charge is 0.369 e. The normalized spacial score (nSPS) is 28.1. The molecular weight excluding hydrogens is 152 g/mol. The highest BCUT2D eigenvalue weighted by molar-refractivity contribution is 5.78. The molecule has 0 radical (unpaired) electrons. The van der Waals surface area contributed by atoms with Crippen molar-refractivity contribution in [3.05, 3.63) is 0 Å². The molecule has 1 aliphatic heterocycles. The zero-order valence-electron chi connectivity index (χ0n) is 7.68. The van der Waals surface area contributed by atoms with E-state index in [2.05, 4.69) is 12.2 Å². The number of hydrogen-bond acceptors (Lipinski definition) is 2. The lowest BCUT2D eigenvalue weighted by Crippen LogP contribution is -2.58. The zero-order valence-corrected chi connectivity index (χ0v) is 7.68. The number of nitrogens with one attached hydrogen (secondary N) is 1. The third-order valence-corrected chi connectivity index (χ3v) is 2.57. The van der Waals surface area contributed by atoms with Crippen LogP contribution < -0.4 is 11.1 Å². The van der Waals surface area contributed by atoms with Crippen molar-refractivity contribution < 1.29 is 4.79 Å². The van der Waals surface area contributed by atoms with E-state index in [9.17, 15) is 4.79 Å². The van der Waals surface area contributed by atoms with Crippen LogP contribution in [-0.2, 0) is 4.79 Å². The molecule has 70 valence electrons. The molecule has 0 aromatic rings. The standard InChI is InChI=1S/C9H18N2O/c1-2-3-4-5-8-7(6-11-8)9(10)12/h7-8,11H,2-6H2,1H3,(H2,10,12). The minimum Gasteiger partial charge on any atom is -0.369 e. The molecule has 0 aromatic heterocycles. The van der Waals surface area contributed by atoms with Gasteiger partial charge < -0.3 is 11.1 Å². The maximum absolute atomic E-state index is 10.8. The van der Waals surface area contributed by atoms with Gasteiger partial charge in [0.05, 0.1) is 5.92 Å². The molecule has 0 bridgehead atoms. The van der Waals surface area contributed by atoms with Crippen LogP contribution in [0, 0.1) is 5.92 Å². The van der Waals surface area contributed by atoms with Crippen LogP contribution >= 0.6 is 0 Å². The molecule has 1 aliphatic rings. The molecule has 0 spiro atoms. The second-order valence-corrected chi connectivity index (χ2v) is 3.52. The molecule has 0 aliphatic carbocycles. The summed E-state index contributed by atoms with van der Waals surface area (Å²) in [5.74, 6) is -0.0443. The van der Waals surface area contributed by atoms with Crippen LogP contribution in [0.1, 0.15) is 32.6 Å². The lowest BCUT2D eigenvalue weighted by Gasteiger charge is -2.35. The van der Waals surface area contributed by atoms with Crippen molar-refractivity contribution in [3.8, 4) is 0 Å². The molecule has 3 heteroatoms. The topological polar surface area (TPSA) is 55.1 Å². The molecule has 3 nitrogen and oxygen atoms in total. The van der Waals surface area contributed by atoms with Crippen molar-refractivity contribution in [1.82, 2.24) is 5.32 Å². The molecule has 1 saturated heterocycles. The summed E-state index contributed by atoms with van der Waals surface area (Å²) in [6.45, 7) is 2.96. The van der Waals surface area contributed by atoms with Crippen molar-refractivity contribution in [2.75, 3.05) is 6.54 Å². The van der Waals surface area contributed by atoms with Crippen LogP contribution in [0.25, 0.3) is 0 Å². The predicted octanol–water partition coefficient (Wildman–Crippen LogP) is 0.640. The van der Waals surface area contributed by atoms with Gasteiger partial charge in [0.25, 0.3) is 0 Å². The van der Waals surface area contributed by atoms with Gasteiger partial charge in [-0.2, -0.15) is 0 Å². The number of carbonyl (C=O) groups excluding carboxylic acids is 1. The Morgan fingerprint density at radius 3 is 2.75 bits per heavy atom. The molecule has 1 heterocycles. The minimum absolute atomic E-state index is 0.0989. The summed E-state index contributed by atoms with van der Waals surface area (Å²) >= 11 is 0. The first-order valence-corrected chi connectivity index (χ1v) is 4.78. The van der Waals surface area contributed by atoms with Gasteiger partial charge >= 0.3 is 0 Å². The van der Waals surface area contributed by atoms with Crippen LogP contribution in [-0.4, -0.2) is 18.5 Å². The fraction of sp³-hybridized carbons (Fsp3) is 0.889. The van der Waals surface area contributed by atoms with E-state index in [0.29, 0.717) is 6.04 Å². The SMILES string of the molecule is CCCCCC1NCC1C(N)=O. The number of hydrogen-bond donors (Lipinski definition) is 2. The second kappa shape index (κ2) is 4.45. The maximum atomic E-state index is 10.8. The first-order valence-electron chi connectivity index (χ1n) is 4.78. The van der Waals surface area contributed by atoms with Crippen LogP contribution in [0.4, 0.5) is 0 Å². The summed E-state index contributed by atoms with van der Waals surface area (Å²) in [6, 6.07) is 0.369. The summed E-state index contributed by atoms with van der Waals surface area (Å²) < 4.78 is 0. The van der Waals surface area contributed by atoms with Gasteiger partial charge in [0, 0.05) is 12.6 Å². The molecule has 2 unspecified atom stereocenters. The van der Waals surface area contributed by atoms with Gasteiger partial charge in [0.15, 0.2) is 0 Å². The van der Waals surface area contributed by atoms with Crippen LogP contribution in [0.2, 0.25) is 0 Å². The Labute approximate surface area is 73.7 Å². The van der Waals surface area contributed by atoms with Crippen LogP contribution in [0.15, 0.2) is 0 Å². The second-order valence-electron chi connectivity index (χ2n) is 3.52. The Morgan fingerprint density at radius 1 is 1.58 bits per heavy atom. The van der Waals surface area contributed by atoms with Crippen molar-refractivity contribution in [3.63, 3.8) is 0 Å². The van der Waals surface area contributed by atoms with Gasteiger partial charge in [-0.25, -0.2) is 0 Å². The number of nitrogens with two attached hydrogens (primary N) is 1. The highest BCUT2D eigenvalue weighted by Crippen LogP contribution is 2.18. The van der Waals surface area contributed by atoms with Crippen molar-refractivity contribution in [1.29, 1.82) is 0 Å². The van der Waals surface area contributed by atoms with Crippen LogP contribution in [0.5, 0.6) is 0 Å². The van der Waals surface area contributed by atoms with E-state index < -0.39 is 0 Å².